The molecule has 0 saturated heterocycles. The predicted octanol–water partition coefficient (Wildman–Crippen LogP) is 5.36. The van der Waals surface area contributed by atoms with E-state index in [2.05, 4.69) is 60.7 Å². The molecule has 0 radical (unpaired) electrons. The summed E-state index contributed by atoms with van der Waals surface area (Å²) in [7, 11) is 0. The summed E-state index contributed by atoms with van der Waals surface area (Å²) in [5, 5.41) is 0.759. The molecule has 0 spiro atoms. The van der Waals surface area contributed by atoms with Crippen LogP contribution in [0.25, 0.3) is 0 Å². The summed E-state index contributed by atoms with van der Waals surface area (Å²) in [6.45, 7) is 0. The highest BCUT2D eigenvalue weighted by molar-refractivity contribution is 6.30. The molecule has 0 amide bonds. The summed E-state index contributed by atoms with van der Waals surface area (Å²) in [5.41, 5.74) is 3.59. The Labute approximate surface area is 124 Å². The van der Waals surface area contributed by atoms with Crippen LogP contribution in [0.15, 0.2) is 84.9 Å². The molecule has 0 aromatic heterocycles. The third-order valence-electron chi connectivity index (χ3n) is 3.26. The summed E-state index contributed by atoms with van der Waals surface area (Å²) in [4.78, 5) is 0. The summed E-state index contributed by atoms with van der Waals surface area (Å²) in [5.74, 6) is 1.22. The Bertz CT molecular complexity index is 618. The van der Waals surface area contributed by atoms with Crippen molar-refractivity contribution in [3.63, 3.8) is 0 Å². The van der Waals surface area contributed by atoms with E-state index >= 15 is 0 Å². The normalized spacial score (nSPS) is 10.2. The summed E-state index contributed by atoms with van der Waals surface area (Å²) < 4.78 is 0. The Balaban J connectivity index is 2.11. The third-order valence-corrected chi connectivity index (χ3v) is 3.51. The van der Waals surface area contributed by atoms with E-state index in [1.54, 1.807) is 0 Å². The maximum absolute atomic E-state index is 6.00. The molecular formula is C19H14Cl+. The van der Waals surface area contributed by atoms with E-state index < -0.39 is 0 Å². The number of rotatable bonds is 3. The van der Waals surface area contributed by atoms with Crippen molar-refractivity contribution in [3.05, 3.63) is 113 Å². The van der Waals surface area contributed by atoms with Crippen molar-refractivity contribution < 1.29 is 0 Å². The van der Waals surface area contributed by atoms with Gasteiger partial charge in [-0.1, -0.05) is 23.7 Å². The molecule has 3 rings (SSSR count). The van der Waals surface area contributed by atoms with Gasteiger partial charge in [0, 0.05) is 0 Å². The molecule has 0 unspecified atom stereocenters. The minimum Gasteiger partial charge on any atom is -0.0833 e. The van der Waals surface area contributed by atoms with Gasteiger partial charge in [0.2, 0.25) is 0 Å². The predicted molar refractivity (Wildman–Crippen MR) is 84.9 cm³/mol. The molecule has 3 aromatic rings. The van der Waals surface area contributed by atoms with Gasteiger partial charge in [0.15, 0.2) is 0 Å². The van der Waals surface area contributed by atoms with Crippen molar-refractivity contribution in [2.45, 2.75) is 0 Å². The highest BCUT2D eigenvalue weighted by atomic mass is 35.5. The van der Waals surface area contributed by atoms with Crippen LogP contribution in [0.2, 0.25) is 5.02 Å². The van der Waals surface area contributed by atoms with Crippen molar-refractivity contribution in [3.8, 4) is 0 Å². The molecule has 0 aliphatic carbocycles. The lowest BCUT2D eigenvalue weighted by Gasteiger charge is -2.13. The minimum atomic E-state index is 0.759. The quantitative estimate of drug-likeness (QED) is 0.447. The standard InChI is InChI=1S/C19H14Cl/c20-18-13-11-17(12-14-18)19(15-7-3-1-4-8-15)16-9-5-2-6-10-16/h1-14H/q+1. The Hall–Kier alpha value is -2.18. The Morgan fingerprint density at radius 1 is 0.500 bits per heavy atom. The molecular weight excluding hydrogens is 264 g/mol. The first-order chi connectivity index (χ1) is 9.84. The molecule has 0 bridgehead atoms. The second-order valence-corrected chi connectivity index (χ2v) is 5.05. The Morgan fingerprint density at radius 3 is 1.35 bits per heavy atom. The van der Waals surface area contributed by atoms with Gasteiger partial charge in [-0.25, -0.2) is 0 Å². The molecule has 0 saturated carbocycles. The lowest BCUT2D eigenvalue weighted by atomic mass is 9.85. The van der Waals surface area contributed by atoms with E-state index in [4.69, 9.17) is 11.6 Å². The molecule has 0 fully saturated rings. The van der Waals surface area contributed by atoms with Gasteiger partial charge in [-0.05, 0) is 72.8 Å². The zero-order valence-electron chi connectivity index (χ0n) is 11.0. The molecule has 0 aliphatic heterocycles. The zero-order chi connectivity index (χ0) is 13.8. The van der Waals surface area contributed by atoms with Crippen LogP contribution in [0.5, 0.6) is 0 Å². The highest BCUT2D eigenvalue weighted by Gasteiger charge is 2.21. The second-order valence-electron chi connectivity index (χ2n) is 4.61. The molecule has 0 N–H and O–H groups in total. The largest absolute Gasteiger partial charge is 0.0833 e. The van der Waals surface area contributed by atoms with Crippen molar-refractivity contribution in [2.24, 2.45) is 0 Å². The number of benzene rings is 3. The van der Waals surface area contributed by atoms with E-state index in [1.807, 2.05) is 24.3 Å². The fourth-order valence-corrected chi connectivity index (χ4v) is 2.45. The number of halogens is 1. The molecule has 0 nitrogen and oxygen atoms in total. The summed E-state index contributed by atoms with van der Waals surface area (Å²) in [6.07, 6.45) is 0. The lowest BCUT2D eigenvalue weighted by molar-refractivity contribution is 1.23. The average Bonchev–Trinajstić information content (AvgIpc) is 2.52. The molecule has 3 aromatic carbocycles. The van der Waals surface area contributed by atoms with Gasteiger partial charge in [0.25, 0.3) is 0 Å². The van der Waals surface area contributed by atoms with Crippen molar-refractivity contribution in [1.29, 1.82) is 0 Å². The van der Waals surface area contributed by atoms with Crippen LogP contribution in [-0.2, 0) is 0 Å². The van der Waals surface area contributed by atoms with E-state index in [1.165, 1.54) is 22.6 Å². The van der Waals surface area contributed by atoms with Crippen molar-refractivity contribution in [2.75, 3.05) is 0 Å². The van der Waals surface area contributed by atoms with Crippen LogP contribution in [0.4, 0.5) is 0 Å². The Kier molecular flexibility index (Phi) is 3.76. The summed E-state index contributed by atoms with van der Waals surface area (Å²) in [6, 6.07) is 28.9. The second kappa shape index (κ2) is 5.85. The topological polar surface area (TPSA) is 0 Å². The highest BCUT2D eigenvalue weighted by Crippen LogP contribution is 2.31. The van der Waals surface area contributed by atoms with Gasteiger partial charge in [0.05, 0.1) is 27.6 Å². The zero-order valence-corrected chi connectivity index (χ0v) is 11.7. The molecule has 0 heterocycles. The van der Waals surface area contributed by atoms with E-state index in [0.29, 0.717) is 0 Å². The van der Waals surface area contributed by atoms with E-state index in [9.17, 15) is 0 Å². The monoisotopic (exact) mass is 277 g/mol. The third kappa shape index (κ3) is 2.71. The number of hydrogen-bond acceptors (Lipinski definition) is 0. The molecule has 20 heavy (non-hydrogen) atoms. The molecule has 0 aliphatic rings. The van der Waals surface area contributed by atoms with Gasteiger partial charge in [0.1, 0.15) is 0 Å². The average molecular weight is 278 g/mol. The molecule has 96 valence electrons. The van der Waals surface area contributed by atoms with Gasteiger partial charge >= 0.3 is 0 Å². The van der Waals surface area contributed by atoms with Gasteiger partial charge in [-0.3, -0.25) is 0 Å². The van der Waals surface area contributed by atoms with Crippen LogP contribution in [-0.4, -0.2) is 0 Å². The minimum absolute atomic E-state index is 0.759. The first-order valence-electron chi connectivity index (χ1n) is 6.58. The fourth-order valence-electron chi connectivity index (χ4n) is 2.33. The smallest absolute Gasteiger partial charge is 0.0631 e. The maximum atomic E-state index is 6.00. The van der Waals surface area contributed by atoms with E-state index in [0.717, 1.165) is 5.02 Å². The van der Waals surface area contributed by atoms with Crippen molar-refractivity contribution >= 4 is 11.6 Å². The lowest BCUT2D eigenvalue weighted by Crippen LogP contribution is -2.03. The number of hydrogen-bond donors (Lipinski definition) is 0. The fraction of sp³-hybridized carbons (Fsp3) is 0. The maximum Gasteiger partial charge on any atom is 0.0631 e. The SMILES string of the molecule is Clc1ccc([C+](c2ccccc2)c2ccccc2)cc1. The van der Waals surface area contributed by atoms with Gasteiger partial charge < -0.3 is 0 Å². The van der Waals surface area contributed by atoms with Crippen LogP contribution in [0.3, 0.4) is 0 Å². The van der Waals surface area contributed by atoms with E-state index in [-0.39, 0.29) is 0 Å². The van der Waals surface area contributed by atoms with Crippen molar-refractivity contribution in [1.82, 2.24) is 0 Å². The first kappa shape index (κ1) is 12.8. The van der Waals surface area contributed by atoms with Gasteiger partial charge in [-0.15, -0.1) is 0 Å². The first-order valence-corrected chi connectivity index (χ1v) is 6.96. The summed E-state index contributed by atoms with van der Waals surface area (Å²) >= 11 is 6.00. The Morgan fingerprint density at radius 2 is 0.900 bits per heavy atom. The molecule has 1 heteroatoms. The van der Waals surface area contributed by atoms with Crippen LogP contribution >= 0.6 is 11.6 Å². The molecule has 0 atom stereocenters. The van der Waals surface area contributed by atoms with Gasteiger partial charge in [-0.2, -0.15) is 0 Å². The van der Waals surface area contributed by atoms with Crippen LogP contribution < -0.4 is 0 Å². The van der Waals surface area contributed by atoms with Crippen LogP contribution in [0, 0.1) is 5.92 Å². The van der Waals surface area contributed by atoms with Crippen LogP contribution in [0.1, 0.15) is 16.7 Å².